The third kappa shape index (κ3) is 19.0. The fraction of sp³-hybridized carbons (Fsp3) is 0.739. The van der Waals surface area contributed by atoms with Gasteiger partial charge in [-0.15, -0.1) is 0 Å². The predicted octanol–water partition coefficient (Wildman–Crippen LogP) is 6.76. The minimum absolute atomic E-state index is 0.255. The zero-order chi connectivity index (χ0) is 20.2. The van der Waals surface area contributed by atoms with Crippen LogP contribution in [0.1, 0.15) is 103 Å². The minimum Gasteiger partial charge on any atom is -0.481 e. The van der Waals surface area contributed by atoms with Gasteiger partial charge in [-0.3, -0.25) is 9.59 Å². The molecule has 0 aromatic carbocycles. The molecule has 0 bridgehead atoms. The van der Waals surface area contributed by atoms with Crippen molar-refractivity contribution in [3.63, 3.8) is 0 Å². The Kier molecular flexibility index (Phi) is 18.1. The van der Waals surface area contributed by atoms with E-state index in [1.54, 1.807) is 6.08 Å². The number of hydrogen-bond donors (Lipinski definition) is 2. The quantitative estimate of drug-likeness (QED) is 0.192. The van der Waals surface area contributed by atoms with Gasteiger partial charge in [0.15, 0.2) is 0 Å². The van der Waals surface area contributed by atoms with E-state index in [1.165, 1.54) is 77.0 Å². The van der Waals surface area contributed by atoms with Gasteiger partial charge in [0.25, 0.3) is 0 Å². The number of carbonyl (C=O) groups is 2. The smallest absolute Gasteiger partial charge is 0.307 e. The summed E-state index contributed by atoms with van der Waals surface area (Å²) in [7, 11) is 0. The third-order valence-corrected chi connectivity index (χ3v) is 4.80. The van der Waals surface area contributed by atoms with Gasteiger partial charge in [0.2, 0.25) is 0 Å². The van der Waals surface area contributed by atoms with Crippen molar-refractivity contribution < 1.29 is 19.8 Å². The van der Waals surface area contributed by atoms with Crippen molar-refractivity contribution in [2.75, 3.05) is 0 Å². The first-order valence-electron chi connectivity index (χ1n) is 10.8. The summed E-state index contributed by atoms with van der Waals surface area (Å²) < 4.78 is 0. The van der Waals surface area contributed by atoms with Crippen molar-refractivity contribution in [2.45, 2.75) is 103 Å². The molecule has 156 valence electrons. The first-order chi connectivity index (χ1) is 13.1. The van der Waals surface area contributed by atoms with Gasteiger partial charge in [0.1, 0.15) is 0 Å². The average Bonchev–Trinajstić information content (AvgIpc) is 2.62. The first kappa shape index (κ1) is 25.4. The lowest BCUT2D eigenvalue weighted by Gasteiger charge is -2.05. The van der Waals surface area contributed by atoms with E-state index in [9.17, 15) is 9.59 Å². The first-order valence-corrected chi connectivity index (χ1v) is 10.8. The van der Waals surface area contributed by atoms with E-state index in [2.05, 4.69) is 13.0 Å². The predicted molar refractivity (Wildman–Crippen MR) is 112 cm³/mol. The van der Waals surface area contributed by atoms with Gasteiger partial charge in [0, 0.05) is 0 Å². The molecule has 0 aromatic rings. The standard InChI is InChI=1S/C23H40O4/c1-2-3-4-5-6-7-8-9-10-11-12-13-14-15-16-17-18-19-21(23(26)27)20-22(24)25/h15-18,21H,2-14,19-20H2,1H3,(H,24,25)(H,26,27)/b16-15+,18-17+. The van der Waals surface area contributed by atoms with E-state index in [-0.39, 0.29) is 12.8 Å². The molecule has 0 spiro atoms. The van der Waals surface area contributed by atoms with Crippen LogP contribution in [0.25, 0.3) is 0 Å². The molecule has 0 heterocycles. The molecule has 0 aliphatic rings. The normalized spacial score (nSPS) is 12.8. The fourth-order valence-corrected chi connectivity index (χ4v) is 3.08. The van der Waals surface area contributed by atoms with Gasteiger partial charge in [-0.1, -0.05) is 102 Å². The Labute approximate surface area is 165 Å². The molecular weight excluding hydrogens is 340 g/mol. The van der Waals surface area contributed by atoms with Crippen LogP contribution in [0, 0.1) is 5.92 Å². The number of rotatable bonds is 19. The van der Waals surface area contributed by atoms with Crippen molar-refractivity contribution in [3.8, 4) is 0 Å². The summed E-state index contributed by atoms with van der Waals surface area (Å²) in [6.45, 7) is 2.26. The van der Waals surface area contributed by atoms with E-state index in [1.807, 2.05) is 12.2 Å². The maximum Gasteiger partial charge on any atom is 0.307 e. The van der Waals surface area contributed by atoms with Gasteiger partial charge in [-0.05, 0) is 19.3 Å². The number of carboxylic acid groups (broad SMARTS) is 2. The Hall–Kier alpha value is -1.58. The lowest BCUT2D eigenvalue weighted by Crippen LogP contribution is -2.16. The molecule has 27 heavy (non-hydrogen) atoms. The summed E-state index contributed by atoms with van der Waals surface area (Å²) in [5, 5.41) is 17.6. The Morgan fingerprint density at radius 3 is 1.70 bits per heavy atom. The molecule has 4 nitrogen and oxygen atoms in total. The summed E-state index contributed by atoms with van der Waals surface area (Å²) in [4.78, 5) is 21.5. The van der Waals surface area contributed by atoms with Crippen molar-refractivity contribution in [1.29, 1.82) is 0 Å². The van der Waals surface area contributed by atoms with E-state index in [0.717, 1.165) is 6.42 Å². The highest BCUT2D eigenvalue weighted by molar-refractivity contribution is 5.77. The minimum atomic E-state index is -1.07. The molecule has 0 saturated heterocycles. The lowest BCUT2D eigenvalue weighted by molar-refractivity contribution is -0.148. The van der Waals surface area contributed by atoms with Crippen molar-refractivity contribution >= 4 is 11.9 Å². The van der Waals surface area contributed by atoms with Crippen LogP contribution in [-0.4, -0.2) is 22.2 Å². The van der Waals surface area contributed by atoms with Crippen LogP contribution in [0.15, 0.2) is 24.3 Å². The number of aliphatic carboxylic acids is 2. The largest absolute Gasteiger partial charge is 0.481 e. The SMILES string of the molecule is CCCCCCCCCCCCCC/C=C/C=C/CC(CC(=O)O)C(=O)O. The molecular formula is C23H40O4. The second-order valence-corrected chi connectivity index (χ2v) is 7.40. The van der Waals surface area contributed by atoms with Crippen LogP contribution < -0.4 is 0 Å². The maximum atomic E-state index is 10.9. The molecule has 0 saturated carbocycles. The highest BCUT2D eigenvalue weighted by Gasteiger charge is 2.18. The number of carboxylic acids is 2. The van der Waals surface area contributed by atoms with Gasteiger partial charge < -0.3 is 10.2 Å². The molecule has 1 atom stereocenters. The molecule has 1 unspecified atom stereocenters. The zero-order valence-electron chi connectivity index (χ0n) is 17.2. The Morgan fingerprint density at radius 2 is 1.22 bits per heavy atom. The molecule has 4 heteroatoms. The number of unbranched alkanes of at least 4 members (excludes halogenated alkanes) is 12. The monoisotopic (exact) mass is 380 g/mol. The summed E-state index contributed by atoms with van der Waals surface area (Å²) in [6, 6.07) is 0. The summed E-state index contributed by atoms with van der Waals surface area (Å²) in [5.41, 5.74) is 0. The topological polar surface area (TPSA) is 74.6 Å². The second kappa shape index (κ2) is 19.2. The van der Waals surface area contributed by atoms with Crippen LogP contribution >= 0.6 is 0 Å². The lowest BCUT2D eigenvalue weighted by atomic mass is 10.0. The van der Waals surface area contributed by atoms with E-state index < -0.39 is 17.9 Å². The fourth-order valence-electron chi connectivity index (χ4n) is 3.08. The van der Waals surface area contributed by atoms with Gasteiger partial charge in [-0.25, -0.2) is 0 Å². The van der Waals surface area contributed by atoms with E-state index in [4.69, 9.17) is 10.2 Å². The maximum absolute atomic E-state index is 10.9. The zero-order valence-corrected chi connectivity index (χ0v) is 17.2. The van der Waals surface area contributed by atoms with Gasteiger partial charge >= 0.3 is 11.9 Å². The van der Waals surface area contributed by atoms with Crippen molar-refractivity contribution in [2.24, 2.45) is 5.92 Å². The van der Waals surface area contributed by atoms with Gasteiger partial charge in [-0.2, -0.15) is 0 Å². The highest BCUT2D eigenvalue weighted by atomic mass is 16.4. The average molecular weight is 381 g/mol. The second-order valence-electron chi connectivity index (χ2n) is 7.40. The number of allylic oxidation sites excluding steroid dienone is 4. The molecule has 2 N–H and O–H groups in total. The molecule has 0 aliphatic carbocycles. The van der Waals surface area contributed by atoms with E-state index in [0.29, 0.717) is 0 Å². The molecule has 0 radical (unpaired) electrons. The summed E-state index contributed by atoms with van der Waals surface area (Å²) in [6.07, 6.45) is 24.7. The van der Waals surface area contributed by atoms with Crippen LogP contribution in [0.3, 0.4) is 0 Å². The Balaban J connectivity index is 3.46. The molecule has 0 aliphatic heterocycles. The van der Waals surface area contributed by atoms with Crippen LogP contribution in [0.5, 0.6) is 0 Å². The molecule has 0 amide bonds. The van der Waals surface area contributed by atoms with Gasteiger partial charge in [0.05, 0.1) is 12.3 Å². The summed E-state index contributed by atoms with van der Waals surface area (Å²) in [5.74, 6) is -2.97. The van der Waals surface area contributed by atoms with Crippen LogP contribution in [0.4, 0.5) is 0 Å². The molecule has 0 aromatic heterocycles. The summed E-state index contributed by atoms with van der Waals surface area (Å²) >= 11 is 0. The Bertz CT molecular complexity index is 426. The Morgan fingerprint density at radius 1 is 0.741 bits per heavy atom. The van der Waals surface area contributed by atoms with Crippen molar-refractivity contribution in [3.05, 3.63) is 24.3 Å². The third-order valence-electron chi connectivity index (χ3n) is 4.80. The highest BCUT2D eigenvalue weighted by Crippen LogP contribution is 2.13. The van der Waals surface area contributed by atoms with Crippen LogP contribution in [-0.2, 0) is 9.59 Å². The molecule has 0 rings (SSSR count). The van der Waals surface area contributed by atoms with Crippen LogP contribution in [0.2, 0.25) is 0 Å². The number of hydrogen-bond acceptors (Lipinski definition) is 2. The van der Waals surface area contributed by atoms with Crippen molar-refractivity contribution in [1.82, 2.24) is 0 Å². The molecule has 0 fully saturated rings. The van der Waals surface area contributed by atoms with E-state index >= 15 is 0 Å².